The van der Waals surface area contributed by atoms with Crippen LogP contribution < -0.4 is 4.90 Å². The summed E-state index contributed by atoms with van der Waals surface area (Å²) < 4.78 is 36.8. The molecule has 1 aliphatic rings. The van der Waals surface area contributed by atoms with Crippen molar-refractivity contribution in [3.63, 3.8) is 0 Å². The Kier molecular flexibility index (Phi) is 4.29. The molecular weight excluding hydrogens is 327 g/mol. The molecule has 0 radical (unpaired) electrons. The van der Waals surface area contributed by atoms with Gasteiger partial charge >= 0.3 is 0 Å². The Bertz CT molecular complexity index is 933. The van der Waals surface area contributed by atoms with Gasteiger partial charge in [0, 0.05) is 19.3 Å². The molecule has 0 fully saturated rings. The summed E-state index contributed by atoms with van der Waals surface area (Å²) in [4.78, 5) is 2.38. The van der Waals surface area contributed by atoms with E-state index in [1.807, 2.05) is 12.1 Å². The van der Waals surface area contributed by atoms with Gasteiger partial charge in [-0.3, -0.25) is 0 Å². The van der Waals surface area contributed by atoms with Gasteiger partial charge < -0.3 is 4.90 Å². The van der Waals surface area contributed by atoms with E-state index < -0.39 is 15.7 Å². The molecule has 1 aliphatic heterocycles. The number of halogens is 1. The van der Waals surface area contributed by atoms with E-state index in [-0.39, 0.29) is 0 Å². The van der Waals surface area contributed by atoms with Gasteiger partial charge in [-0.05, 0) is 54.3 Å². The number of fused-ring (bicyclic) bond motifs is 1. The predicted octanol–water partition coefficient (Wildman–Crippen LogP) is 2.71. The zero-order chi connectivity index (χ0) is 17.3. The highest BCUT2D eigenvalue weighted by Gasteiger charge is 2.19. The summed E-state index contributed by atoms with van der Waals surface area (Å²) in [6.45, 7) is 1.35. The molecule has 0 aromatic heterocycles. The van der Waals surface area contributed by atoms with Crippen LogP contribution in [0, 0.1) is 17.1 Å². The third-order valence-electron chi connectivity index (χ3n) is 4.33. The molecule has 4 nitrogen and oxygen atoms in total. The molecule has 0 saturated heterocycles. The average molecular weight is 344 g/mol. The second kappa shape index (κ2) is 6.25. The van der Waals surface area contributed by atoms with Crippen LogP contribution in [0.15, 0.2) is 41.3 Å². The average Bonchev–Trinajstić information content (AvgIpc) is 2.76. The van der Waals surface area contributed by atoms with Gasteiger partial charge in [-0.1, -0.05) is 6.07 Å². The molecule has 0 atom stereocenters. The molecule has 6 heteroatoms. The highest BCUT2D eigenvalue weighted by Crippen LogP contribution is 2.26. The fourth-order valence-electron chi connectivity index (χ4n) is 3.05. The maximum Gasteiger partial charge on any atom is 0.175 e. The van der Waals surface area contributed by atoms with Crippen LogP contribution in [0.2, 0.25) is 0 Å². The van der Waals surface area contributed by atoms with Crippen molar-refractivity contribution in [3.05, 3.63) is 58.9 Å². The van der Waals surface area contributed by atoms with Crippen molar-refractivity contribution in [2.75, 3.05) is 24.2 Å². The van der Waals surface area contributed by atoms with Crippen LogP contribution in [0.3, 0.4) is 0 Å². The number of rotatable bonds is 2. The quantitative estimate of drug-likeness (QED) is 0.840. The van der Waals surface area contributed by atoms with Gasteiger partial charge in [0.2, 0.25) is 0 Å². The molecule has 0 unspecified atom stereocenters. The topological polar surface area (TPSA) is 61.2 Å². The Morgan fingerprint density at radius 1 is 1.08 bits per heavy atom. The largest absolute Gasteiger partial charge is 0.370 e. The van der Waals surface area contributed by atoms with E-state index in [1.165, 1.54) is 18.4 Å². The molecule has 0 aliphatic carbocycles. The lowest BCUT2D eigenvalue weighted by atomic mass is 10.0. The van der Waals surface area contributed by atoms with Crippen molar-refractivity contribution in [2.45, 2.75) is 17.7 Å². The van der Waals surface area contributed by atoms with Crippen LogP contribution in [0.5, 0.6) is 0 Å². The second-order valence-electron chi connectivity index (χ2n) is 5.96. The summed E-state index contributed by atoms with van der Waals surface area (Å²) in [5.74, 6) is -0.425. The summed E-state index contributed by atoms with van der Waals surface area (Å²) in [6.07, 6.45) is 2.64. The van der Waals surface area contributed by atoms with Gasteiger partial charge in [-0.15, -0.1) is 0 Å². The van der Waals surface area contributed by atoms with Crippen molar-refractivity contribution in [3.8, 4) is 6.07 Å². The number of benzene rings is 2. The molecule has 2 aromatic rings. The molecule has 0 amide bonds. The Morgan fingerprint density at radius 2 is 1.79 bits per heavy atom. The maximum absolute atomic E-state index is 13.3. The van der Waals surface area contributed by atoms with E-state index in [2.05, 4.69) is 4.90 Å². The molecule has 0 bridgehead atoms. The minimum Gasteiger partial charge on any atom is -0.370 e. The number of anilines is 1. The SMILES string of the molecule is CS(=O)(=O)c1ccc2c(c1)CCN(c1ccc(F)cc1C#N)CC2. The van der Waals surface area contributed by atoms with Crippen molar-refractivity contribution in [1.29, 1.82) is 5.26 Å². The van der Waals surface area contributed by atoms with Gasteiger partial charge in [0.05, 0.1) is 16.1 Å². The van der Waals surface area contributed by atoms with Gasteiger partial charge in [0.1, 0.15) is 11.9 Å². The van der Waals surface area contributed by atoms with Crippen molar-refractivity contribution < 1.29 is 12.8 Å². The first-order valence-electron chi connectivity index (χ1n) is 7.65. The summed E-state index contributed by atoms with van der Waals surface area (Å²) in [5.41, 5.74) is 3.17. The smallest absolute Gasteiger partial charge is 0.175 e. The van der Waals surface area contributed by atoms with Gasteiger partial charge in [0.15, 0.2) is 9.84 Å². The van der Waals surface area contributed by atoms with Crippen molar-refractivity contribution in [2.24, 2.45) is 0 Å². The van der Waals surface area contributed by atoms with Crippen molar-refractivity contribution >= 4 is 15.5 Å². The number of hydrogen-bond acceptors (Lipinski definition) is 4. The molecular formula is C18H17FN2O2S. The predicted molar refractivity (Wildman–Crippen MR) is 90.3 cm³/mol. The number of sulfone groups is 1. The molecule has 0 saturated carbocycles. The molecule has 3 rings (SSSR count). The number of hydrogen-bond donors (Lipinski definition) is 0. The Hall–Kier alpha value is -2.39. The highest BCUT2D eigenvalue weighted by atomic mass is 32.2. The van der Waals surface area contributed by atoms with Crippen LogP contribution >= 0.6 is 0 Å². The number of nitrogens with zero attached hydrogens (tertiary/aromatic N) is 2. The van der Waals surface area contributed by atoms with E-state index >= 15 is 0 Å². The lowest BCUT2D eigenvalue weighted by Crippen LogP contribution is -2.26. The standard InChI is InChI=1S/C18H17FN2O2S/c1-24(22,23)17-4-2-13-6-8-21(9-7-14(13)11-17)18-5-3-16(19)10-15(18)12-20/h2-5,10-11H,6-9H2,1H3. The first-order valence-corrected chi connectivity index (χ1v) is 9.54. The lowest BCUT2D eigenvalue weighted by molar-refractivity contribution is 0.601. The summed E-state index contributed by atoms with van der Waals surface area (Å²) in [6, 6.07) is 11.5. The molecule has 2 aromatic carbocycles. The third-order valence-corrected chi connectivity index (χ3v) is 5.44. The van der Waals surface area contributed by atoms with E-state index in [0.717, 1.165) is 23.2 Å². The third kappa shape index (κ3) is 3.26. The van der Waals surface area contributed by atoms with E-state index in [4.69, 9.17) is 0 Å². The van der Waals surface area contributed by atoms with Gasteiger partial charge in [0.25, 0.3) is 0 Å². The highest BCUT2D eigenvalue weighted by molar-refractivity contribution is 7.90. The molecule has 0 N–H and O–H groups in total. The Labute approximate surface area is 141 Å². The first-order chi connectivity index (χ1) is 11.4. The monoisotopic (exact) mass is 344 g/mol. The Morgan fingerprint density at radius 3 is 2.46 bits per heavy atom. The van der Waals surface area contributed by atoms with E-state index in [0.29, 0.717) is 30.0 Å². The second-order valence-corrected chi connectivity index (χ2v) is 7.98. The minimum atomic E-state index is -3.23. The number of nitriles is 1. The lowest BCUT2D eigenvalue weighted by Gasteiger charge is -2.23. The Balaban J connectivity index is 1.90. The summed E-state index contributed by atoms with van der Waals surface area (Å²) in [5, 5.41) is 9.23. The molecule has 0 spiro atoms. The van der Waals surface area contributed by atoms with E-state index in [9.17, 15) is 18.1 Å². The van der Waals surface area contributed by atoms with Crippen LogP contribution in [0.1, 0.15) is 16.7 Å². The molecule has 1 heterocycles. The van der Waals surface area contributed by atoms with Crippen molar-refractivity contribution in [1.82, 2.24) is 0 Å². The minimum absolute atomic E-state index is 0.317. The molecule has 24 heavy (non-hydrogen) atoms. The maximum atomic E-state index is 13.3. The zero-order valence-electron chi connectivity index (χ0n) is 13.3. The van der Waals surface area contributed by atoms with Crippen LogP contribution in [0.25, 0.3) is 0 Å². The first kappa shape index (κ1) is 16.5. The fraction of sp³-hybridized carbons (Fsp3) is 0.278. The normalized spacial score (nSPS) is 14.6. The van der Waals surface area contributed by atoms with Crippen LogP contribution in [-0.2, 0) is 22.7 Å². The zero-order valence-corrected chi connectivity index (χ0v) is 14.1. The summed E-state index contributed by atoms with van der Waals surface area (Å²) in [7, 11) is -3.23. The van der Waals surface area contributed by atoms with Gasteiger partial charge in [-0.2, -0.15) is 5.26 Å². The van der Waals surface area contributed by atoms with Crippen LogP contribution in [-0.4, -0.2) is 27.8 Å². The molecule has 124 valence electrons. The van der Waals surface area contributed by atoms with E-state index in [1.54, 1.807) is 18.2 Å². The van der Waals surface area contributed by atoms with Gasteiger partial charge in [-0.25, -0.2) is 12.8 Å². The summed E-state index contributed by atoms with van der Waals surface area (Å²) >= 11 is 0. The van der Waals surface area contributed by atoms with Crippen LogP contribution in [0.4, 0.5) is 10.1 Å². The fourth-order valence-corrected chi connectivity index (χ4v) is 3.72.